The van der Waals surface area contributed by atoms with E-state index < -0.39 is 9.84 Å². The molecule has 4 heteroatoms. The summed E-state index contributed by atoms with van der Waals surface area (Å²) in [5.41, 5.74) is 0.0651. The van der Waals surface area contributed by atoms with Gasteiger partial charge in [-0.3, -0.25) is 0 Å². The van der Waals surface area contributed by atoms with E-state index in [0.29, 0.717) is 11.8 Å². The van der Waals surface area contributed by atoms with Crippen molar-refractivity contribution in [3.8, 4) is 0 Å². The summed E-state index contributed by atoms with van der Waals surface area (Å²) in [5, 5.41) is 3.44. The molecule has 0 spiro atoms. The Morgan fingerprint density at radius 2 is 2.00 bits per heavy atom. The molecule has 0 bridgehead atoms. The molecule has 90 valence electrons. The molecule has 0 aromatic carbocycles. The fraction of sp³-hybridized carbons (Fsp3) is 1.00. The fourth-order valence-corrected chi connectivity index (χ4v) is 3.53. The van der Waals surface area contributed by atoms with Crippen LogP contribution in [0.4, 0.5) is 0 Å². The molecular weight excluding hydrogens is 210 g/mol. The summed E-state index contributed by atoms with van der Waals surface area (Å²) in [7, 11) is -2.82. The van der Waals surface area contributed by atoms with E-state index in [0.717, 1.165) is 25.8 Å². The largest absolute Gasteiger partial charge is 0.314 e. The second kappa shape index (κ2) is 4.83. The van der Waals surface area contributed by atoms with Gasteiger partial charge in [-0.05, 0) is 31.6 Å². The number of sulfone groups is 1. The Hall–Kier alpha value is -0.0900. The van der Waals surface area contributed by atoms with E-state index in [-0.39, 0.29) is 5.41 Å². The molecule has 0 amide bonds. The van der Waals surface area contributed by atoms with E-state index >= 15 is 0 Å². The van der Waals surface area contributed by atoms with Crippen molar-refractivity contribution in [3.63, 3.8) is 0 Å². The molecule has 1 atom stereocenters. The van der Waals surface area contributed by atoms with Crippen molar-refractivity contribution in [2.75, 3.05) is 18.6 Å². The first-order valence-corrected chi connectivity index (χ1v) is 7.84. The summed E-state index contributed by atoms with van der Waals surface area (Å²) in [5.74, 6) is 0.353. The molecule has 0 aliphatic heterocycles. The zero-order valence-electron chi connectivity index (χ0n) is 10.0. The van der Waals surface area contributed by atoms with Crippen LogP contribution in [0.5, 0.6) is 0 Å². The number of hydrogen-bond donors (Lipinski definition) is 1. The van der Waals surface area contributed by atoms with Gasteiger partial charge in [0.15, 0.2) is 0 Å². The van der Waals surface area contributed by atoms with E-state index in [2.05, 4.69) is 19.2 Å². The fourth-order valence-electron chi connectivity index (χ4n) is 2.03. The van der Waals surface area contributed by atoms with Crippen LogP contribution in [0.2, 0.25) is 0 Å². The third-order valence-corrected chi connectivity index (χ3v) is 4.21. The summed E-state index contributed by atoms with van der Waals surface area (Å²) in [6, 6.07) is 0.507. The molecule has 0 saturated heterocycles. The van der Waals surface area contributed by atoms with E-state index in [1.54, 1.807) is 0 Å². The van der Waals surface area contributed by atoms with Gasteiger partial charge >= 0.3 is 0 Å². The zero-order valence-corrected chi connectivity index (χ0v) is 10.9. The van der Waals surface area contributed by atoms with Gasteiger partial charge in [0, 0.05) is 18.8 Å². The normalized spacial score (nSPS) is 21.3. The van der Waals surface area contributed by atoms with Crippen molar-refractivity contribution in [1.29, 1.82) is 0 Å². The monoisotopic (exact) mass is 233 g/mol. The maximum absolute atomic E-state index is 11.2. The second-order valence-electron chi connectivity index (χ2n) is 5.14. The van der Waals surface area contributed by atoms with Gasteiger partial charge in [-0.25, -0.2) is 8.42 Å². The zero-order chi connectivity index (χ0) is 11.5. The Morgan fingerprint density at radius 3 is 2.40 bits per heavy atom. The lowest BCUT2D eigenvalue weighted by Gasteiger charge is -2.19. The lowest BCUT2D eigenvalue weighted by molar-refractivity contribution is 0.430. The van der Waals surface area contributed by atoms with E-state index in [9.17, 15) is 8.42 Å². The highest BCUT2D eigenvalue weighted by Gasteiger charge is 2.44. The van der Waals surface area contributed by atoms with Crippen LogP contribution < -0.4 is 5.32 Å². The molecule has 1 fully saturated rings. The lowest BCUT2D eigenvalue weighted by atomic mass is 10.1. The van der Waals surface area contributed by atoms with Gasteiger partial charge in [-0.15, -0.1) is 0 Å². The van der Waals surface area contributed by atoms with Crippen LogP contribution >= 0.6 is 0 Å². The van der Waals surface area contributed by atoms with Crippen LogP contribution in [0.25, 0.3) is 0 Å². The molecule has 1 aliphatic rings. The maximum Gasteiger partial charge on any atom is 0.148 e. The third-order valence-electron chi connectivity index (χ3n) is 3.07. The topological polar surface area (TPSA) is 46.2 Å². The molecule has 1 rings (SSSR count). The van der Waals surface area contributed by atoms with Crippen molar-refractivity contribution in [3.05, 3.63) is 0 Å². The van der Waals surface area contributed by atoms with Crippen LogP contribution in [0.15, 0.2) is 0 Å². The molecule has 0 radical (unpaired) electrons. The number of hydrogen-bond acceptors (Lipinski definition) is 3. The molecule has 15 heavy (non-hydrogen) atoms. The Labute approximate surface area is 93.6 Å². The highest BCUT2D eigenvalue weighted by atomic mass is 32.2. The maximum atomic E-state index is 11.2. The first-order valence-electron chi connectivity index (χ1n) is 5.78. The minimum Gasteiger partial charge on any atom is -0.314 e. The number of nitrogens with one attached hydrogen (secondary N) is 1. The average Bonchev–Trinajstić information content (AvgIpc) is 2.80. The third kappa shape index (κ3) is 4.98. The summed E-state index contributed by atoms with van der Waals surface area (Å²) >= 11 is 0. The summed E-state index contributed by atoms with van der Waals surface area (Å²) in [6.07, 6.45) is 5.79. The van der Waals surface area contributed by atoms with Gasteiger partial charge in [0.05, 0.1) is 5.75 Å². The molecule has 0 aromatic rings. The molecular formula is C11H23NO2S. The van der Waals surface area contributed by atoms with Gasteiger partial charge < -0.3 is 5.32 Å². The first kappa shape index (κ1) is 13.0. The molecule has 1 aliphatic carbocycles. The predicted octanol–water partition coefficient (Wildman–Crippen LogP) is 1.59. The Kier molecular flexibility index (Phi) is 4.18. The van der Waals surface area contributed by atoms with E-state index in [4.69, 9.17) is 0 Å². The first-order chi connectivity index (χ1) is 6.87. The molecule has 0 aromatic heterocycles. The van der Waals surface area contributed by atoms with Gasteiger partial charge in [0.1, 0.15) is 9.84 Å². The van der Waals surface area contributed by atoms with E-state index in [1.165, 1.54) is 12.7 Å². The Morgan fingerprint density at radius 1 is 1.40 bits per heavy atom. The molecule has 0 heterocycles. The number of rotatable bonds is 7. The standard InChI is InChI=1S/C11H23NO2S/c1-4-5-10(2)12-8-11(6-7-11)9-15(3,13)14/h10,12H,4-9H2,1-3H3. The van der Waals surface area contributed by atoms with Gasteiger partial charge in [0.2, 0.25) is 0 Å². The molecule has 3 nitrogen and oxygen atoms in total. The van der Waals surface area contributed by atoms with Crippen LogP contribution in [0, 0.1) is 5.41 Å². The average molecular weight is 233 g/mol. The highest BCUT2D eigenvalue weighted by molar-refractivity contribution is 7.90. The smallest absolute Gasteiger partial charge is 0.148 e. The summed E-state index contributed by atoms with van der Waals surface area (Å²) in [4.78, 5) is 0. The van der Waals surface area contributed by atoms with Crippen molar-refractivity contribution < 1.29 is 8.42 Å². The van der Waals surface area contributed by atoms with Crippen LogP contribution in [0.3, 0.4) is 0 Å². The van der Waals surface area contributed by atoms with Crippen molar-refractivity contribution in [1.82, 2.24) is 5.32 Å². The van der Waals surface area contributed by atoms with Gasteiger partial charge in [-0.2, -0.15) is 0 Å². The highest BCUT2D eigenvalue weighted by Crippen LogP contribution is 2.46. The van der Waals surface area contributed by atoms with Crippen LogP contribution in [0.1, 0.15) is 39.5 Å². The second-order valence-corrected chi connectivity index (χ2v) is 7.28. The molecule has 1 saturated carbocycles. The Bertz CT molecular complexity index is 294. The molecule has 1 N–H and O–H groups in total. The van der Waals surface area contributed by atoms with Gasteiger partial charge in [-0.1, -0.05) is 13.3 Å². The van der Waals surface area contributed by atoms with Crippen molar-refractivity contribution in [2.45, 2.75) is 45.6 Å². The SMILES string of the molecule is CCCC(C)NCC1(CS(C)(=O)=O)CC1. The quantitative estimate of drug-likeness (QED) is 0.726. The summed E-state index contributed by atoms with van der Waals surface area (Å²) in [6.45, 7) is 5.20. The van der Waals surface area contributed by atoms with Crippen molar-refractivity contribution in [2.24, 2.45) is 5.41 Å². The minimum atomic E-state index is -2.82. The Balaban J connectivity index is 2.32. The van der Waals surface area contributed by atoms with Crippen LogP contribution in [-0.4, -0.2) is 33.0 Å². The van der Waals surface area contributed by atoms with Crippen molar-refractivity contribution >= 4 is 9.84 Å². The lowest BCUT2D eigenvalue weighted by Crippen LogP contribution is -2.34. The van der Waals surface area contributed by atoms with E-state index in [1.807, 2.05) is 0 Å². The minimum absolute atomic E-state index is 0.0651. The molecule has 1 unspecified atom stereocenters. The predicted molar refractivity (Wildman–Crippen MR) is 63.8 cm³/mol. The van der Waals surface area contributed by atoms with Gasteiger partial charge in [0.25, 0.3) is 0 Å². The summed E-state index contributed by atoms with van der Waals surface area (Å²) < 4.78 is 22.5. The van der Waals surface area contributed by atoms with Crippen LogP contribution in [-0.2, 0) is 9.84 Å².